The van der Waals surface area contributed by atoms with Crippen LogP contribution in [-0.4, -0.2) is 24.5 Å². The van der Waals surface area contributed by atoms with Crippen LogP contribution in [-0.2, 0) is 0 Å². The number of nitrogens with two attached hydrogens (primary N) is 1. The van der Waals surface area contributed by atoms with Crippen LogP contribution in [0.3, 0.4) is 0 Å². The quantitative estimate of drug-likeness (QED) is 0.921. The van der Waals surface area contributed by atoms with Gasteiger partial charge in [0.05, 0.1) is 5.02 Å². The molecule has 1 saturated heterocycles. The first-order valence-electron chi connectivity index (χ1n) is 6.92. The smallest absolute Gasteiger partial charge is 0.146 e. The molecule has 0 aliphatic carbocycles. The minimum atomic E-state index is -0.328. The Morgan fingerprint density at radius 3 is 2.79 bits per heavy atom. The molecule has 0 radical (unpaired) electrons. The van der Waals surface area contributed by atoms with Gasteiger partial charge in [0.25, 0.3) is 0 Å². The Morgan fingerprint density at radius 1 is 1.42 bits per heavy atom. The number of hydrogen-bond acceptors (Lipinski definition) is 2. The van der Waals surface area contributed by atoms with Crippen molar-refractivity contribution in [2.45, 2.75) is 26.3 Å². The van der Waals surface area contributed by atoms with Crippen LogP contribution in [0.5, 0.6) is 0 Å². The lowest BCUT2D eigenvalue weighted by molar-refractivity contribution is 0.0967. The fourth-order valence-corrected chi connectivity index (χ4v) is 3.01. The lowest BCUT2D eigenvalue weighted by atomic mass is 9.87. The number of nitrogens with zero attached hydrogens (tertiary/aromatic N) is 1. The SMILES string of the molecule is CC1CCN(C(CN)c2cccc(Cl)c2F)CC1C. The van der Waals surface area contributed by atoms with E-state index in [1.54, 1.807) is 18.2 Å². The number of hydrogen-bond donors (Lipinski definition) is 1. The van der Waals surface area contributed by atoms with Crippen molar-refractivity contribution < 1.29 is 4.39 Å². The molecule has 0 amide bonds. The third kappa shape index (κ3) is 3.10. The molecule has 2 N–H and O–H groups in total. The Morgan fingerprint density at radius 2 is 2.16 bits per heavy atom. The molecule has 1 fully saturated rings. The second-order valence-electron chi connectivity index (χ2n) is 5.63. The van der Waals surface area contributed by atoms with E-state index in [-0.39, 0.29) is 16.9 Å². The molecule has 1 heterocycles. The maximum absolute atomic E-state index is 14.2. The fourth-order valence-electron chi connectivity index (χ4n) is 2.83. The van der Waals surface area contributed by atoms with E-state index in [9.17, 15) is 4.39 Å². The first-order chi connectivity index (χ1) is 9.04. The van der Waals surface area contributed by atoms with Gasteiger partial charge in [0.1, 0.15) is 5.82 Å². The van der Waals surface area contributed by atoms with E-state index in [4.69, 9.17) is 17.3 Å². The van der Waals surface area contributed by atoms with Gasteiger partial charge in [0, 0.05) is 24.7 Å². The summed E-state index contributed by atoms with van der Waals surface area (Å²) in [6.45, 7) is 6.88. The van der Waals surface area contributed by atoms with Crippen molar-refractivity contribution in [3.63, 3.8) is 0 Å². The van der Waals surface area contributed by atoms with Gasteiger partial charge in [-0.3, -0.25) is 4.90 Å². The van der Waals surface area contributed by atoms with Gasteiger partial charge in [0.2, 0.25) is 0 Å². The Hall–Kier alpha value is -0.640. The maximum atomic E-state index is 14.2. The van der Waals surface area contributed by atoms with Gasteiger partial charge in [-0.05, 0) is 30.9 Å². The molecular weight excluding hydrogens is 263 g/mol. The molecular formula is C15H22ClFN2. The lowest BCUT2D eigenvalue weighted by Gasteiger charge is -2.40. The highest BCUT2D eigenvalue weighted by atomic mass is 35.5. The van der Waals surface area contributed by atoms with Crippen LogP contribution in [0.2, 0.25) is 5.02 Å². The van der Waals surface area contributed by atoms with Crippen LogP contribution in [0.15, 0.2) is 18.2 Å². The molecule has 1 aliphatic rings. The van der Waals surface area contributed by atoms with E-state index in [1.165, 1.54) is 0 Å². The molecule has 2 rings (SSSR count). The molecule has 106 valence electrons. The first-order valence-corrected chi connectivity index (χ1v) is 7.30. The van der Waals surface area contributed by atoms with Gasteiger partial charge in [-0.1, -0.05) is 37.6 Å². The summed E-state index contributed by atoms with van der Waals surface area (Å²) in [5, 5.41) is 0.175. The zero-order chi connectivity index (χ0) is 14.0. The highest BCUT2D eigenvalue weighted by molar-refractivity contribution is 6.30. The average Bonchev–Trinajstić information content (AvgIpc) is 2.39. The largest absolute Gasteiger partial charge is 0.329 e. The summed E-state index contributed by atoms with van der Waals surface area (Å²) in [5.74, 6) is 1.01. The Bertz CT molecular complexity index is 438. The predicted molar refractivity (Wildman–Crippen MR) is 77.7 cm³/mol. The van der Waals surface area contributed by atoms with Crippen LogP contribution < -0.4 is 5.73 Å². The van der Waals surface area contributed by atoms with Crippen LogP contribution >= 0.6 is 11.6 Å². The minimum absolute atomic E-state index is 0.0753. The van der Waals surface area contributed by atoms with Crippen LogP contribution in [0.4, 0.5) is 4.39 Å². The summed E-state index contributed by atoms with van der Waals surface area (Å²) in [7, 11) is 0. The zero-order valence-electron chi connectivity index (χ0n) is 11.6. The molecule has 0 bridgehead atoms. The number of halogens is 2. The van der Waals surface area contributed by atoms with Gasteiger partial charge in [-0.15, -0.1) is 0 Å². The molecule has 4 heteroatoms. The summed E-state index contributed by atoms with van der Waals surface area (Å²) >= 11 is 5.87. The van der Waals surface area contributed by atoms with Crippen molar-refractivity contribution in [1.29, 1.82) is 0 Å². The summed E-state index contributed by atoms with van der Waals surface area (Å²) in [6, 6.07) is 5.09. The molecule has 3 unspecified atom stereocenters. The summed E-state index contributed by atoms with van der Waals surface area (Å²) in [5.41, 5.74) is 6.51. The second-order valence-corrected chi connectivity index (χ2v) is 6.04. The predicted octanol–water partition coefficient (Wildman–Crippen LogP) is 3.46. The molecule has 3 atom stereocenters. The monoisotopic (exact) mass is 284 g/mol. The Balaban J connectivity index is 2.22. The van der Waals surface area contributed by atoms with Crippen molar-refractivity contribution in [3.05, 3.63) is 34.6 Å². The zero-order valence-corrected chi connectivity index (χ0v) is 12.3. The minimum Gasteiger partial charge on any atom is -0.329 e. The van der Waals surface area contributed by atoms with Gasteiger partial charge in [0.15, 0.2) is 0 Å². The van der Waals surface area contributed by atoms with Crippen LogP contribution in [0.25, 0.3) is 0 Å². The van der Waals surface area contributed by atoms with E-state index in [2.05, 4.69) is 18.7 Å². The number of rotatable bonds is 3. The highest BCUT2D eigenvalue weighted by Gasteiger charge is 2.29. The van der Waals surface area contributed by atoms with Gasteiger partial charge in [-0.25, -0.2) is 4.39 Å². The summed E-state index contributed by atoms with van der Waals surface area (Å²) in [4.78, 5) is 2.29. The molecule has 2 nitrogen and oxygen atoms in total. The van der Waals surface area contributed by atoms with E-state index >= 15 is 0 Å². The topological polar surface area (TPSA) is 29.3 Å². The highest BCUT2D eigenvalue weighted by Crippen LogP contribution is 2.32. The first kappa shape index (κ1) is 14.8. The van der Waals surface area contributed by atoms with Gasteiger partial charge >= 0.3 is 0 Å². The maximum Gasteiger partial charge on any atom is 0.146 e. The van der Waals surface area contributed by atoms with Gasteiger partial charge in [-0.2, -0.15) is 0 Å². The van der Waals surface area contributed by atoms with Crippen molar-refractivity contribution in [2.75, 3.05) is 19.6 Å². The van der Waals surface area contributed by atoms with Crippen LogP contribution in [0, 0.1) is 17.7 Å². The standard InChI is InChI=1S/C15H22ClFN2/c1-10-6-7-19(9-11(10)2)14(8-18)12-4-3-5-13(16)15(12)17/h3-5,10-11,14H,6-9,18H2,1-2H3. The van der Waals surface area contributed by atoms with Crippen LogP contribution in [0.1, 0.15) is 31.9 Å². The van der Waals surface area contributed by atoms with Gasteiger partial charge < -0.3 is 5.73 Å². The lowest BCUT2D eigenvalue weighted by Crippen LogP contribution is -2.43. The van der Waals surface area contributed by atoms with E-state index < -0.39 is 0 Å². The third-order valence-electron chi connectivity index (χ3n) is 4.37. The number of benzene rings is 1. The number of piperidine rings is 1. The fraction of sp³-hybridized carbons (Fsp3) is 0.600. The van der Waals surface area contributed by atoms with Crippen molar-refractivity contribution >= 4 is 11.6 Å². The molecule has 0 saturated carbocycles. The molecule has 0 aromatic heterocycles. The number of likely N-dealkylation sites (tertiary alicyclic amines) is 1. The summed E-state index contributed by atoms with van der Waals surface area (Å²) < 4.78 is 14.2. The molecule has 1 aromatic carbocycles. The Labute approximate surface area is 119 Å². The second kappa shape index (κ2) is 6.21. The molecule has 1 aliphatic heterocycles. The van der Waals surface area contributed by atoms with E-state index in [1.807, 2.05) is 0 Å². The van der Waals surface area contributed by atoms with E-state index in [0.717, 1.165) is 25.4 Å². The molecule has 19 heavy (non-hydrogen) atoms. The molecule has 1 aromatic rings. The third-order valence-corrected chi connectivity index (χ3v) is 4.66. The van der Waals surface area contributed by atoms with Crippen molar-refractivity contribution in [3.8, 4) is 0 Å². The summed E-state index contributed by atoms with van der Waals surface area (Å²) in [6.07, 6.45) is 1.14. The normalized spacial score (nSPS) is 26.4. The molecule has 0 spiro atoms. The van der Waals surface area contributed by atoms with E-state index in [0.29, 0.717) is 18.0 Å². The Kier molecular flexibility index (Phi) is 4.82. The van der Waals surface area contributed by atoms with Crippen molar-refractivity contribution in [2.24, 2.45) is 17.6 Å². The van der Waals surface area contributed by atoms with Crippen molar-refractivity contribution in [1.82, 2.24) is 4.90 Å². The average molecular weight is 285 g/mol.